The smallest absolute Gasteiger partial charge is 0.159 e. The van der Waals surface area contributed by atoms with Crippen molar-refractivity contribution in [1.29, 1.82) is 0 Å². The molecule has 0 bridgehead atoms. The van der Waals surface area contributed by atoms with Crippen LogP contribution in [-0.2, 0) is 0 Å². The van der Waals surface area contributed by atoms with E-state index in [4.69, 9.17) is 0 Å². The van der Waals surface area contributed by atoms with Crippen LogP contribution in [0.25, 0.3) is 0 Å². The van der Waals surface area contributed by atoms with Gasteiger partial charge in [-0.25, -0.2) is 0 Å². The summed E-state index contributed by atoms with van der Waals surface area (Å²) in [5.74, 6) is 1.54. The second-order valence-electron chi connectivity index (χ2n) is 8.29. The average molecular weight is 581 g/mol. The van der Waals surface area contributed by atoms with E-state index in [1.807, 2.05) is 0 Å². The molecule has 0 fully saturated rings. The van der Waals surface area contributed by atoms with Gasteiger partial charge >= 0.3 is 0 Å². The maximum atomic E-state index is 3.94. The highest BCUT2D eigenvalue weighted by Gasteiger charge is 2.27. The maximum Gasteiger partial charge on any atom is 0.240 e. The summed E-state index contributed by atoms with van der Waals surface area (Å²) in [4.78, 5) is 0. The Hall–Kier alpha value is 2.06. The van der Waals surface area contributed by atoms with Crippen LogP contribution in [0.1, 0.15) is 68.7 Å². The van der Waals surface area contributed by atoms with Crippen LogP contribution in [-0.4, -0.2) is 8.58 Å². The van der Waals surface area contributed by atoms with Crippen LogP contribution >= 0.6 is 63.0 Å². The van der Waals surface area contributed by atoms with Gasteiger partial charge in [0.15, 0.2) is 0 Å². The topological polar surface area (TPSA) is 0 Å². The van der Waals surface area contributed by atoms with Gasteiger partial charge in [0, 0.05) is 0 Å². The molecule has 2 atom stereocenters. The first-order chi connectivity index (χ1) is 9.67. The van der Waals surface area contributed by atoms with E-state index in [1.54, 1.807) is 0 Å². The highest BCUT2D eigenvalue weighted by Crippen LogP contribution is 2.35. The summed E-state index contributed by atoms with van der Waals surface area (Å²) in [7, 11) is 5.70. The molecule has 0 amide bonds. The van der Waals surface area contributed by atoms with Gasteiger partial charge < -0.3 is 0 Å². The van der Waals surface area contributed by atoms with E-state index in [9.17, 15) is 0 Å². The standard InChI is InChI=1S/C8H18BIP.C8H17BIP.CH4/c2*1-7(2)5-8(3,4)6-9(10)11;/h5-6,11H2,1-4H3;1,5-6,11H2,2-4H3;1H4/q+1;;. The summed E-state index contributed by atoms with van der Waals surface area (Å²) < 4.78 is 1.39. The highest BCUT2D eigenvalue weighted by molar-refractivity contribution is 14.1. The Kier molecular flexibility index (Phi) is 18.4. The molecule has 2 unspecified atom stereocenters. The van der Waals surface area contributed by atoms with Crippen LogP contribution in [0.5, 0.6) is 0 Å². The number of halogens is 2. The quantitative estimate of drug-likeness (QED) is 0.0892. The molecule has 0 aromatic rings. The van der Waals surface area contributed by atoms with Crippen LogP contribution in [0, 0.1) is 16.7 Å². The van der Waals surface area contributed by atoms with Gasteiger partial charge in [-0.2, -0.15) is 18.2 Å². The minimum atomic E-state index is 0. The number of hydrogen-bond acceptors (Lipinski definition) is 0. The van der Waals surface area contributed by atoms with Crippen LogP contribution in [0.4, 0.5) is 0 Å². The molecule has 0 rings (SSSR count). The van der Waals surface area contributed by atoms with E-state index in [0.717, 1.165) is 6.42 Å². The van der Waals surface area contributed by atoms with E-state index in [-0.39, 0.29) is 7.43 Å². The van der Waals surface area contributed by atoms with Crippen molar-refractivity contribution in [3.8, 4) is 0 Å². The molecule has 0 aliphatic heterocycles. The average Bonchev–Trinajstić information content (AvgIpc) is 2.06. The fraction of sp³-hybridized carbons (Fsp3) is 0.824. The van der Waals surface area contributed by atoms with Crippen molar-refractivity contribution in [3.05, 3.63) is 18.1 Å². The van der Waals surface area contributed by atoms with Crippen molar-refractivity contribution < 1.29 is 0 Å². The van der Waals surface area contributed by atoms with E-state index in [0.29, 0.717) is 19.4 Å². The molecule has 0 radical (unpaired) electrons. The van der Waals surface area contributed by atoms with Crippen molar-refractivity contribution in [2.45, 2.75) is 81.4 Å². The molecule has 0 saturated heterocycles. The summed E-state index contributed by atoms with van der Waals surface area (Å²) in [5.41, 5.74) is 2.18. The van der Waals surface area contributed by atoms with E-state index >= 15 is 0 Å². The first-order valence-electron chi connectivity index (χ1n) is 7.89. The summed E-state index contributed by atoms with van der Waals surface area (Å²) in [6.45, 7) is 19.8. The third kappa shape index (κ3) is 24.1. The summed E-state index contributed by atoms with van der Waals surface area (Å²) >= 11 is 4.92. The number of allylic oxidation sites excluding steroid dienone is 1. The Morgan fingerprint density at radius 2 is 1.35 bits per heavy atom. The molecule has 0 saturated carbocycles. The molecule has 0 aromatic carbocycles. The predicted octanol–water partition coefficient (Wildman–Crippen LogP) is 8.23. The van der Waals surface area contributed by atoms with Crippen molar-refractivity contribution in [1.82, 2.24) is 0 Å². The van der Waals surface area contributed by atoms with Crippen LogP contribution < -0.4 is 0 Å². The zero-order chi connectivity index (χ0) is 18.1. The van der Waals surface area contributed by atoms with Crippen molar-refractivity contribution in [2.24, 2.45) is 10.8 Å². The molecule has 23 heavy (non-hydrogen) atoms. The summed E-state index contributed by atoms with van der Waals surface area (Å²) in [6, 6.07) is 0. The third-order valence-electron chi connectivity index (χ3n) is 3.11. The van der Waals surface area contributed by atoms with Crippen molar-refractivity contribution in [3.63, 3.8) is 0 Å². The molecule has 0 spiro atoms. The molecule has 0 aliphatic rings. The molecular formula is C17H39B2I2P2+. The molecule has 6 heteroatoms. The lowest BCUT2D eigenvalue weighted by Crippen LogP contribution is -2.16. The van der Waals surface area contributed by atoms with E-state index in [2.05, 4.69) is 118 Å². The first kappa shape index (κ1) is 29.8. The molecule has 0 nitrogen and oxygen atoms in total. The molecule has 0 aromatic heterocycles. The number of rotatable bonds is 8. The molecule has 0 heterocycles. The summed E-state index contributed by atoms with van der Waals surface area (Å²) in [5, 5.41) is 0. The van der Waals surface area contributed by atoms with Crippen LogP contribution in [0.3, 0.4) is 0 Å². The monoisotopic (exact) mass is 581 g/mol. The van der Waals surface area contributed by atoms with Gasteiger partial charge in [0.1, 0.15) is 0 Å². The fourth-order valence-electron chi connectivity index (χ4n) is 2.97. The maximum absolute atomic E-state index is 3.94. The lowest BCUT2D eigenvalue weighted by Gasteiger charge is -2.25. The SMILES string of the molecule is C.C=C(C)CC(C)(C)CB(P)I.C[C+](C)CC(C)(C)CB(P)I. The third-order valence-corrected chi connectivity index (χ3v) is 4.46. The summed E-state index contributed by atoms with van der Waals surface area (Å²) in [6.07, 6.45) is 4.91. The predicted molar refractivity (Wildman–Crippen MR) is 142 cm³/mol. The van der Waals surface area contributed by atoms with E-state index < -0.39 is 0 Å². The molecule has 0 N–H and O–H groups in total. The van der Waals surface area contributed by atoms with Gasteiger partial charge in [-0.3, -0.25) is 0 Å². The van der Waals surface area contributed by atoms with Crippen LogP contribution in [0.2, 0.25) is 12.6 Å². The molecular weight excluding hydrogens is 542 g/mol. The Labute approximate surface area is 180 Å². The zero-order valence-electron chi connectivity index (χ0n) is 15.6. The largest absolute Gasteiger partial charge is 0.240 e. The van der Waals surface area contributed by atoms with Crippen molar-refractivity contribution in [2.75, 3.05) is 0 Å². The second kappa shape index (κ2) is 14.2. The van der Waals surface area contributed by atoms with Gasteiger partial charge in [0.2, 0.25) is 8.58 Å². The Balaban J connectivity index is -0.000000333. The Bertz CT molecular complexity index is 306. The Morgan fingerprint density at radius 3 is 1.61 bits per heavy atom. The van der Waals surface area contributed by atoms with Gasteiger partial charge in [0.05, 0.1) is 26.2 Å². The van der Waals surface area contributed by atoms with Gasteiger partial charge in [-0.15, -0.1) is 51.3 Å². The second-order valence-corrected chi connectivity index (χ2v) is 15.8. The van der Waals surface area contributed by atoms with Crippen molar-refractivity contribution >= 4 is 71.6 Å². The fourth-order valence-corrected chi connectivity index (χ4v) is 6.63. The minimum Gasteiger partial charge on any atom is -0.159 e. The van der Waals surface area contributed by atoms with Gasteiger partial charge in [0.25, 0.3) is 0 Å². The van der Waals surface area contributed by atoms with E-state index in [1.165, 1.54) is 30.6 Å². The highest BCUT2D eigenvalue weighted by atomic mass is 127. The molecule has 0 aliphatic carbocycles. The zero-order valence-corrected chi connectivity index (χ0v) is 22.2. The Morgan fingerprint density at radius 1 is 1.00 bits per heavy atom. The number of hydrogen-bond donors (Lipinski definition) is 0. The molecule has 136 valence electrons. The normalized spacial score (nSPS) is 10.9. The first-order valence-corrected chi connectivity index (χ1v) is 11.7. The van der Waals surface area contributed by atoms with Crippen LogP contribution in [0.15, 0.2) is 12.2 Å². The lowest BCUT2D eigenvalue weighted by molar-refractivity contribution is 0.388. The van der Waals surface area contributed by atoms with Gasteiger partial charge in [-0.05, 0) is 24.2 Å². The lowest BCUT2D eigenvalue weighted by atomic mass is 9.73. The minimum absolute atomic E-state index is 0. The van der Waals surface area contributed by atoms with Gasteiger partial charge in [-0.1, -0.05) is 53.3 Å².